The summed E-state index contributed by atoms with van der Waals surface area (Å²) in [7, 11) is 0. The van der Waals surface area contributed by atoms with E-state index in [1.807, 2.05) is 30.0 Å². The molecule has 0 saturated carbocycles. The second kappa shape index (κ2) is 11.8. The van der Waals surface area contributed by atoms with Gasteiger partial charge in [-0.25, -0.2) is 15.0 Å². The van der Waals surface area contributed by atoms with E-state index in [1.54, 1.807) is 25.4 Å². The van der Waals surface area contributed by atoms with E-state index in [-0.39, 0.29) is 11.9 Å². The third-order valence-electron chi connectivity index (χ3n) is 5.97. The number of nitriles is 1. The minimum absolute atomic E-state index is 0.139. The number of allylic oxidation sites excluding steroid dienone is 1. The predicted octanol–water partition coefficient (Wildman–Crippen LogP) is 3.57. The monoisotopic (exact) mass is 503 g/mol. The molecule has 10 heteroatoms. The molecule has 4 rings (SSSR count). The zero-order valence-electron chi connectivity index (χ0n) is 20.7. The van der Waals surface area contributed by atoms with Gasteiger partial charge in [0.15, 0.2) is 0 Å². The summed E-state index contributed by atoms with van der Waals surface area (Å²) in [5.74, 6) is -0.485. The second-order valence-electron chi connectivity index (χ2n) is 8.63. The van der Waals surface area contributed by atoms with Crippen molar-refractivity contribution in [2.75, 3.05) is 39.3 Å². The van der Waals surface area contributed by atoms with Gasteiger partial charge in [-0.2, -0.15) is 10.2 Å². The van der Waals surface area contributed by atoms with Crippen LogP contribution in [0.3, 0.4) is 0 Å². The fourth-order valence-electron chi connectivity index (χ4n) is 4.03. The number of piperazine rings is 1. The van der Waals surface area contributed by atoms with Crippen molar-refractivity contribution in [1.82, 2.24) is 29.7 Å². The summed E-state index contributed by atoms with van der Waals surface area (Å²) >= 11 is 1.39. The molecule has 1 unspecified atom stereocenters. The first-order chi connectivity index (χ1) is 17.5. The van der Waals surface area contributed by atoms with E-state index in [0.29, 0.717) is 17.3 Å². The van der Waals surface area contributed by atoms with Gasteiger partial charge in [0, 0.05) is 52.0 Å². The van der Waals surface area contributed by atoms with Crippen molar-refractivity contribution in [3.05, 3.63) is 64.6 Å². The van der Waals surface area contributed by atoms with Gasteiger partial charge in [0.1, 0.15) is 27.9 Å². The number of rotatable bonds is 8. The van der Waals surface area contributed by atoms with Crippen LogP contribution < -0.4 is 4.74 Å². The molecule has 4 heterocycles. The van der Waals surface area contributed by atoms with E-state index in [9.17, 15) is 10.1 Å². The summed E-state index contributed by atoms with van der Waals surface area (Å²) in [6, 6.07) is 7.94. The Labute approximate surface area is 214 Å². The highest BCUT2D eigenvalue weighted by molar-refractivity contribution is 7.18. The zero-order chi connectivity index (χ0) is 25.5. The average molecular weight is 504 g/mol. The van der Waals surface area contributed by atoms with Crippen LogP contribution in [-0.4, -0.2) is 75.0 Å². The largest absolute Gasteiger partial charge is 0.459 e. The molecule has 0 spiro atoms. The van der Waals surface area contributed by atoms with Gasteiger partial charge >= 0.3 is 6.01 Å². The number of nitrogens with zero attached hydrogens (tertiary/aromatic N) is 7. The molecule has 3 aromatic rings. The van der Waals surface area contributed by atoms with Crippen molar-refractivity contribution in [2.24, 2.45) is 0 Å². The van der Waals surface area contributed by atoms with Crippen LogP contribution >= 0.6 is 11.3 Å². The molecule has 0 radical (unpaired) electrons. The predicted molar refractivity (Wildman–Crippen MR) is 139 cm³/mol. The van der Waals surface area contributed by atoms with Crippen molar-refractivity contribution in [3.63, 3.8) is 0 Å². The standard InChI is InChI=1S/C26H29N7O2S/c1-4-20(14-18(2)16-32-10-12-33(13-11-32)19(3)34)17-35-26-29-9-7-22(31-26)21(15-27)24-30-23-6-5-8-28-25(23)36-24/h4-9,14,21H,10-13,16-17H2,1-3H3. The molecule has 36 heavy (non-hydrogen) atoms. The summed E-state index contributed by atoms with van der Waals surface area (Å²) in [5.41, 5.74) is 3.54. The van der Waals surface area contributed by atoms with E-state index < -0.39 is 5.92 Å². The lowest BCUT2D eigenvalue weighted by Crippen LogP contribution is -2.48. The van der Waals surface area contributed by atoms with Crippen molar-refractivity contribution >= 4 is 27.6 Å². The smallest absolute Gasteiger partial charge is 0.316 e. The van der Waals surface area contributed by atoms with Crippen LogP contribution in [0.25, 0.3) is 10.3 Å². The van der Waals surface area contributed by atoms with Gasteiger partial charge in [-0.05, 0) is 37.6 Å². The molecule has 0 aliphatic carbocycles. The first-order valence-electron chi connectivity index (χ1n) is 11.8. The summed E-state index contributed by atoms with van der Waals surface area (Å²) in [6.07, 6.45) is 7.44. The topological polar surface area (TPSA) is 108 Å². The fourth-order valence-corrected chi connectivity index (χ4v) is 5.00. The molecular weight excluding hydrogens is 474 g/mol. The van der Waals surface area contributed by atoms with E-state index in [0.717, 1.165) is 48.6 Å². The SMILES string of the molecule is CC=C(C=C(C)CN1CCN(C(C)=O)CC1)COc1nccc(C(C#N)c2nc3cccnc3s2)n1. The van der Waals surface area contributed by atoms with Crippen molar-refractivity contribution in [3.8, 4) is 12.1 Å². The van der Waals surface area contributed by atoms with Crippen LogP contribution in [0.4, 0.5) is 0 Å². The number of ether oxygens (including phenoxy) is 1. The first kappa shape index (κ1) is 25.4. The van der Waals surface area contributed by atoms with Gasteiger partial charge < -0.3 is 9.64 Å². The van der Waals surface area contributed by atoms with Crippen molar-refractivity contribution < 1.29 is 9.53 Å². The Morgan fingerprint density at radius 3 is 2.69 bits per heavy atom. The van der Waals surface area contributed by atoms with Crippen LogP contribution in [0.2, 0.25) is 0 Å². The second-order valence-corrected chi connectivity index (χ2v) is 9.64. The van der Waals surface area contributed by atoms with Crippen molar-refractivity contribution in [2.45, 2.75) is 26.7 Å². The lowest BCUT2D eigenvalue weighted by Gasteiger charge is -2.34. The van der Waals surface area contributed by atoms with Gasteiger partial charge in [-0.1, -0.05) is 29.1 Å². The summed E-state index contributed by atoms with van der Waals surface area (Å²) in [5, 5.41) is 10.5. The molecule has 0 N–H and O–H groups in total. The molecule has 1 aliphatic heterocycles. The number of aromatic nitrogens is 4. The van der Waals surface area contributed by atoms with Crippen LogP contribution in [0.1, 0.15) is 37.4 Å². The number of pyridine rings is 1. The number of thiazole rings is 1. The molecule has 9 nitrogen and oxygen atoms in total. The summed E-state index contributed by atoms with van der Waals surface area (Å²) in [4.78, 5) is 34.2. The molecule has 1 atom stereocenters. The highest BCUT2D eigenvalue weighted by Crippen LogP contribution is 2.30. The first-order valence-corrected chi connectivity index (χ1v) is 12.7. The lowest BCUT2D eigenvalue weighted by molar-refractivity contribution is -0.130. The number of hydrogen-bond donors (Lipinski definition) is 0. The summed E-state index contributed by atoms with van der Waals surface area (Å²) < 4.78 is 5.89. The molecule has 1 fully saturated rings. The van der Waals surface area contributed by atoms with Crippen LogP contribution in [0.5, 0.6) is 6.01 Å². The maximum atomic E-state index is 11.5. The third-order valence-corrected chi connectivity index (χ3v) is 7.01. The van der Waals surface area contributed by atoms with Gasteiger partial charge in [0.05, 0.1) is 11.8 Å². The number of amides is 1. The third kappa shape index (κ3) is 6.30. The van der Waals surface area contributed by atoms with E-state index in [4.69, 9.17) is 4.74 Å². The van der Waals surface area contributed by atoms with Gasteiger partial charge in [-0.3, -0.25) is 9.69 Å². The fraction of sp³-hybridized carbons (Fsp3) is 0.385. The van der Waals surface area contributed by atoms with Crippen LogP contribution in [0.15, 0.2) is 53.9 Å². The quantitative estimate of drug-likeness (QED) is 0.429. The molecule has 0 aromatic carbocycles. The van der Waals surface area contributed by atoms with Crippen LogP contribution in [-0.2, 0) is 4.79 Å². The Kier molecular flexibility index (Phi) is 8.36. The zero-order valence-corrected chi connectivity index (χ0v) is 21.5. The number of hydrogen-bond acceptors (Lipinski definition) is 9. The Morgan fingerprint density at radius 1 is 1.19 bits per heavy atom. The number of fused-ring (bicyclic) bond motifs is 1. The van der Waals surface area contributed by atoms with Crippen LogP contribution in [0, 0.1) is 11.3 Å². The minimum Gasteiger partial charge on any atom is -0.459 e. The highest BCUT2D eigenvalue weighted by Gasteiger charge is 2.21. The lowest BCUT2D eigenvalue weighted by atomic mass is 10.1. The minimum atomic E-state index is -0.624. The number of carbonyl (C=O) groups is 1. The molecule has 186 valence electrons. The Balaban J connectivity index is 1.37. The highest BCUT2D eigenvalue weighted by atomic mass is 32.1. The van der Waals surface area contributed by atoms with Gasteiger partial charge in [0.25, 0.3) is 0 Å². The molecular formula is C26H29N7O2S. The maximum absolute atomic E-state index is 11.5. The molecule has 1 saturated heterocycles. The molecule has 1 amide bonds. The maximum Gasteiger partial charge on any atom is 0.316 e. The van der Waals surface area contributed by atoms with Gasteiger partial charge in [0.2, 0.25) is 5.91 Å². The Morgan fingerprint density at radius 2 is 2.00 bits per heavy atom. The molecule has 1 aliphatic rings. The molecule has 0 bridgehead atoms. The Hall–Kier alpha value is -3.68. The van der Waals surface area contributed by atoms with Gasteiger partial charge in [-0.15, -0.1) is 0 Å². The van der Waals surface area contributed by atoms with Crippen molar-refractivity contribution in [1.29, 1.82) is 5.26 Å². The molecule has 3 aromatic heterocycles. The van der Waals surface area contributed by atoms with E-state index >= 15 is 0 Å². The van der Waals surface area contributed by atoms with E-state index in [2.05, 4.69) is 43.9 Å². The average Bonchev–Trinajstić information content (AvgIpc) is 3.31. The Bertz CT molecular complexity index is 1290. The normalized spacial score (nSPS) is 16.1. The summed E-state index contributed by atoms with van der Waals surface area (Å²) in [6.45, 7) is 10.1. The van der Waals surface area contributed by atoms with E-state index in [1.165, 1.54) is 16.9 Å². The number of carbonyl (C=O) groups excluding carboxylic acids is 1.